The molecule has 0 saturated carbocycles. The average molecular weight is 340 g/mol. The number of benzene rings is 1. The van der Waals surface area contributed by atoms with Gasteiger partial charge in [0, 0.05) is 10.9 Å². The van der Waals surface area contributed by atoms with Crippen LogP contribution < -0.4 is 5.32 Å². The van der Waals surface area contributed by atoms with Crippen molar-refractivity contribution in [2.24, 2.45) is 0 Å². The number of rotatable bonds is 6. The van der Waals surface area contributed by atoms with Gasteiger partial charge in [0.2, 0.25) is 0 Å². The first-order valence-corrected chi connectivity index (χ1v) is 8.06. The Kier molecular flexibility index (Phi) is 5.43. The van der Waals surface area contributed by atoms with Crippen molar-refractivity contribution in [3.8, 4) is 5.75 Å². The third-order valence-corrected chi connectivity index (χ3v) is 4.67. The van der Waals surface area contributed by atoms with Gasteiger partial charge in [-0.05, 0) is 65.1 Å². The van der Waals surface area contributed by atoms with Gasteiger partial charge in [-0.25, -0.2) is 0 Å². The van der Waals surface area contributed by atoms with Gasteiger partial charge in [0.15, 0.2) is 0 Å². The fraction of sp³-hybridized carbons (Fsp3) is 0.333. The number of hydrogen-bond acceptors (Lipinski definition) is 3. The number of phenols is 1. The van der Waals surface area contributed by atoms with E-state index >= 15 is 0 Å². The van der Waals surface area contributed by atoms with Crippen molar-refractivity contribution in [2.75, 3.05) is 6.54 Å². The third kappa shape index (κ3) is 4.34. The Bertz CT molecular complexity index is 526. The summed E-state index contributed by atoms with van der Waals surface area (Å²) in [5, 5.41) is 13.1. The van der Waals surface area contributed by atoms with Crippen LogP contribution in [0.4, 0.5) is 0 Å². The van der Waals surface area contributed by atoms with Gasteiger partial charge in [-0.2, -0.15) is 0 Å². The second-order valence-corrected chi connectivity index (χ2v) is 7.02. The number of aromatic hydroxyl groups is 1. The summed E-state index contributed by atoms with van der Waals surface area (Å²) in [5.41, 5.74) is 1.15. The van der Waals surface area contributed by atoms with Gasteiger partial charge in [0.25, 0.3) is 0 Å². The van der Waals surface area contributed by atoms with Crippen LogP contribution in [0.1, 0.15) is 29.8 Å². The summed E-state index contributed by atoms with van der Waals surface area (Å²) in [7, 11) is 0. The summed E-state index contributed by atoms with van der Waals surface area (Å²) >= 11 is 5.28. The fourth-order valence-corrected chi connectivity index (χ4v) is 3.53. The van der Waals surface area contributed by atoms with Gasteiger partial charge in [-0.3, -0.25) is 0 Å². The zero-order valence-corrected chi connectivity index (χ0v) is 13.3. The quantitative estimate of drug-likeness (QED) is 0.811. The molecule has 1 atom stereocenters. The number of phenolic OH excluding ortho intramolecular Hbond substituents is 1. The molecular formula is C15H18BrNOS. The first-order chi connectivity index (χ1) is 9.19. The molecule has 4 heteroatoms. The van der Waals surface area contributed by atoms with E-state index in [0.717, 1.165) is 28.7 Å². The van der Waals surface area contributed by atoms with Crippen LogP contribution in [0.5, 0.6) is 5.75 Å². The Balaban J connectivity index is 2.13. The minimum Gasteiger partial charge on any atom is -0.508 e. The third-order valence-electron chi connectivity index (χ3n) is 2.93. The summed E-state index contributed by atoms with van der Waals surface area (Å²) in [4.78, 5) is 1.32. The van der Waals surface area contributed by atoms with Gasteiger partial charge in [-0.1, -0.05) is 19.1 Å². The highest BCUT2D eigenvalue weighted by Gasteiger charge is 2.13. The van der Waals surface area contributed by atoms with Gasteiger partial charge >= 0.3 is 0 Å². The van der Waals surface area contributed by atoms with Crippen LogP contribution >= 0.6 is 27.3 Å². The molecule has 0 fully saturated rings. The largest absolute Gasteiger partial charge is 0.508 e. The molecule has 102 valence electrons. The predicted octanol–water partition coefficient (Wildman–Crippen LogP) is 4.50. The van der Waals surface area contributed by atoms with Crippen LogP contribution in [0, 0.1) is 0 Å². The Hall–Kier alpha value is -0.840. The van der Waals surface area contributed by atoms with E-state index in [1.165, 1.54) is 4.88 Å². The first kappa shape index (κ1) is 14.6. The molecule has 1 aromatic carbocycles. The van der Waals surface area contributed by atoms with E-state index in [2.05, 4.69) is 46.4 Å². The Morgan fingerprint density at radius 3 is 2.79 bits per heavy atom. The molecule has 0 saturated heterocycles. The normalized spacial score (nSPS) is 12.5. The van der Waals surface area contributed by atoms with E-state index in [1.807, 2.05) is 12.1 Å². The van der Waals surface area contributed by atoms with E-state index in [9.17, 15) is 5.11 Å². The Labute approximate surface area is 126 Å². The molecule has 1 aromatic heterocycles. The van der Waals surface area contributed by atoms with Crippen LogP contribution in [0.25, 0.3) is 0 Å². The van der Waals surface area contributed by atoms with Crippen molar-refractivity contribution in [1.29, 1.82) is 0 Å². The highest BCUT2D eigenvalue weighted by Crippen LogP contribution is 2.29. The molecule has 2 rings (SSSR count). The van der Waals surface area contributed by atoms with E-state index in [0.29, 0.717) is 11.8 Å². The van der Waals surface area contributed by atoms with Crippen LogP contribution in [-0.4, -0.2) is 11.7 Å². The Morgan fingerprint density at radius 1 is 1.32 bits per heavy atom. The second-order valence-electron chi connectivity index (χ2n) is 4.52. The molecule has 2 aromatic rings. The van der Waals surface area contributed by atoms with E-state index in [1.54, 1.807) is 17.4 Å². The standard InChI is InChI=1S/C15H18BrNOS/c1-2-8-17-13(14-6-7-15(16)19-14)10-11-4-3-5-12(18)9-11/h3-7,9,13,17-18H,2,8,10H2,1H3. The molecule has 0 aliphatic heterocycles. The summed E-state index contributed by atoms with van der Waals surface area (Å²) in [6.45, 7) is 3.17. The minimum atomic E-state index is 0.304. The van der Waals surface area contributed by atoms with Crippen molar-refractivity contribution in [1.82, 2.24) is 5.32 Å². The number of halogens is 1. The highest BCUT2D eigenvalue weighted by molar-refractivity contribution is 9.11. The van der Waals surface area contributed by atoms with Gasteiger partial charge in [0.1, 0.15) is 5.75 Å². The molecule has 0 aliphatic carbocycles. The summed E-state index contributed by atoms with van der Waals surface area (Å²) < 4.78 is 1.15. The molecule has 0 amide bonds. The van der Waals surface area contributed by atoms with Crippen molar-refractivity contribution in [2.45, 2.75) is 25.8 Å². The lowest BCUT2D eigenvalue weighted by Gasteiger charge is -2.17. The van der Waals surface area contributed by atoms with E-state index in [4.69, 9.17) is 0 Å². The van der Waals surface area contributed by atoms with Crippen LogP contribution in [0.2, 0.25) is 0 Å². The van der Waals surface area contributed by atoms with Gasteiger partial charge < -0.3 is 10.4 Å². The maximum Gasteiger partial charge on any atom is 0.115 e. The molecule has 0 bridgehead atoms. The lowest BCUT2D eigenvalue weighted by Crippen LogP contribution is -2.23. The lowest BCUT2D eigenvalue weighted by molar-refractivity contribution is 0.473. The molecule has 0 aliphatic rings. The van der Waals surface area contributed by atoms with E-state index in [-0.39, 0.29) is 0 Å². The first-order valence-electron chi connectivity index (χ1n) is 6.45. The summed E-state index contributed by atoms with van der Waals surface area (Å²) in [6.07, 6.45) is 2.00. The van der Waals surface area contributed by atoms with Crippen molar-refractivity contribution in [3.63, 3.8) is 0 Å². The predicted molar refractivity (Wildman–Crippen MR) is 84.9 cm³/mol. The smallest absolute Gasteiger partial charge is 0.115 e. The van der Waals surface area contributed by atoms with Crippen molar-refractivity contribution < 1.29 is 5.11 Å². The zero-order chi connectivity index (χ0) is 13.7. The van der Waals surface area contributed by atoms with Gasteiger partial charge in [-0.15, -0.1) is 11.3 Å². The van der Waals surface area contributed by atoms with Crippen molar-refractivity contribution in [3.05, 3.63) is 50.6 Å². The summed E-state index contributed by atoms with van der Waals surface area (Å²) in [5.74, 6) is 0.333. The minimum absolute atomic E-state index is 0.304. The maximum absolute atomic E-state index is 9.55. The lowest BCUT2D eigenvalue weighted by atomic mass is 10.0. The zero-order valence-electron chi connectivity index (χ0n) is 10.9. The Morgan fingerprint density at radius 2 is 2.16 bits per heavy atom. The topological polar surface area (TPSA) is 32.3 Å². The molecule has 0 radical (unpaired) electrons. The SMILES string of the molecule is CCCNC(Cc1cccc(O)c1)c1ccc(Br)s1. The average Bonchev–Trinajstić information content (AvgIpc) is 2.81. The molecule has 0 spiro atoms. The van der Waals surface area contributed by atoms with Crippen LogP contribution in [0.3, 0.4) is 0 Å². The van der Waals surface area contributed by atoms with Crippen LogP contribution in [-0.2, 0) is 6.42 Å². The highest BCUT2D eigenvalue weighted by atomic mass is 79.9. The second kappa shape index (κ2) is 7.08. The molecular weight excluding hydrogens is 322 g/mol. The number of thiophene rings is 1. The van der Waals surface area contributed by atoms with Crippen molar-refractivity contribution >= 4 is 27.3 Å². The van der Waals surface area contributed by atoms with E-state index < -0.39 is 0 Å². The molecule has 19 heavy (non-hydrogen) atoms. The maximum atomic E-state index is 9.55. The number of nitrogens with one attached hydrogen (secondary N) is 1. The molecule has 2 nitrogen and oxygen atoms in total. The fourth-order valence-electron chi connectivity index (χ4n) is 2.03. The van der Waals surface area contributed by atoms with Crippen LogP contribution in [0.15, 0.2) is 40.2 Å². The van der Waals surface area contributed by atoms with Gasteiger partial charge in [0.05, 0.1) is 3.79 Å². The monoisotopic (exact) mass is 339 g/mol. The molecule has 1 heterocycles. The molecule has 1 unspecified atom stereocenters. The molecule has 2 N–H and O–H groups in total. The summed E-state index contributed by atoms with van der Waals surface area (Å²) in [6, 6.07) is 12.0. The number of hydrogen-bond donors (Lipinski definition) is 2.